The van der Waals surface area contributed by atoms with Crippen molar-refractivity contribution < 1.29 is 9.90 Å². The molecule has 1 heterocycles. The van der Waals surface area contributed by atoms with Gasteiger partial charge in [-0.2, -0.15) is 0 Å². The lowest BCUT2D eigenvalue weighted by Gasteiger charge is -2.29. The van der Waals surface area contributed by atoms with Crippen molar-refractivity contribution in [3.63, 3.8) is 0 Å². The summed E-state index contributed by atoms with van der Waals surface area (Å²) in [6, 6.07) is 13.6. The zero-order chi connectivity index (χ0) is 16.1. The van der Waals surface area contributed by atoms with E-state index in [4.69, 9.17) is 0 Å². The first-order chi connectivity index (χ1) is 11.2. The monoisotopic (exact) mass is 311 g/mol. The van der Waals surface area contributed by atoms with Crippen LogP contribution >= 0.6 is 0 Å². The molecule has 120 valence electrons. The van der Waals surface area contributed by atoms with Crippen LogP contribution in [0.3, 0.4) is 0 Å². The third kappa shape index (κ3) is 4.22. The van der Waals surface area contributed by atoms with Gasteiger partial charge < -0.3 is 10.4 Å². The van der Waals surface area contributed by atoms with E-state index in [-0.39, 0.29) is 17.8 Å². The number of rotatable bonds is 3. The molecule has 1 saturated carbocycles. The molecule has 0 atom stereocenters. The van der Waals surface area contributed by atoms with Crippen LogP contribution < -0.4 is 10.6 Å². The summed E-state index contributed by atoms with van der Waals surface area (Å²) in [7, 11) is 0. The highest BCUT2D eigenvalue weighted by atomic mass is 16.3. The molecule has 1 fully saturated rings. The molecule has 0 unspecified atom stereocenters. The SMILES string of the molecule is O=C(Nc1ccc(O)cn1)NC1CCC(c2ccccc2)CC1. The molecule has 1 aliphatic rings. The number of hydrogen-bond donors (Lipinski definition) is 3. The Morgan fingerprint density at radius 1 is 1.04 bits per heavy atom. The van der Waals surface area contributed by atoms with Gasteiger partial charge in [-0.05, 0) is 49.3 Å². The molecule has 0 radical (unpaired) electrons. The van der Waals surface area contributed by atoms with Crippen molar-refractivity contribution in [3.8, 4) is 5.75 Å². The number of benzene rings is 1. The van der Waals surface area contributed by atoms with E-state index in [0.29, 0.717) is 11.7 Å². The van der Waals surface area contributed by atoms with E-state index in [1.54, 1.807) is 6.07 Å². The second-order valence-corrected chi connectivity index (χ2v) is 5.96. The molecule has 1 aliphatic carbocycles. The second kappa shape index (κ2) is 7.13. The summed E-state index contributed by atoms with van der Waals surface area (Å²) in [6.45, 7) is 0. The van der Waals surface area contributed by atoms with E-state index in [1.165, 1.54) is 17.8 Å². The van der Waals surface area contributed by atoms with E-state index in [1.807, 2.05) is 6.07 Å². The Kier molecular flexibility index (Phi) is 4.76. The minimum atomic E-state index is -0.244. The molecule has 5 heteroatoms. The summed E-state index contributed by atoms with van der Waals surface area (Å²) >= 11 is 0. The number of urea groups is 1. The van der Waals surface area contributed by atoms with Crippen LogP contribution in [-0.2, 0) is 0 Å². The van der Waals surface area contributed by atoms with Crippen molar-refractivity contribution in [1.29, 1.82) is 0 Å². The van der Waals surface area contributed by atoms with Crippen molar-refractivity contribution in [2.45, 2.75) is 37.6 Å². The summed E-state index contributed by atoms with van der Waals surface area (Å²) < 4.78 is 0. The van der Waals surface area contributed by atoms with Crippen LogP contribution in [0.25, 0.3) is 0 Å². The minimum Gasteiger partial charge on any atom is -0.506 e. The van der Waals surface area contributed by atoms with Crippen LogP contribution in [0.4, 0.5) is 10.6 Å². The lowest BCUT2D eigenvalue weighted by Crippen LogP contribution is -2.40. The molecular weight excluding hydrogens is 290 g/mol. The summed E-state index contributed by atoms with van der Waals surface area (Å²) in [5.41, 5.74) is 1.39. The highest BCUT2D eigenvalue weighted by molar-refractivity contribution is 5.88. The summed E-state index contributed by atoms with van der Waals surface area (Å²) in [5.74, 6) is 1.10. The maximum atomic E-state index is 12.0. The van der Waals surface area contributed by atoms with Gasteiger partial charge >= 0.3 is 6.03 Å². The Labute approximate surface area is 135 Å². The first kappa shape index (κ1) is 15.3. The largest absolute Gasteiger partial charge is 0.506 e. The maximum Gasteiger partial charge on any atom is 0.320 e. The van der Waals surface area contributed by atoms with E-state index in [2.05, 4.69) is 39.9 Å². The van der Waals surface area contributed by atoms with Crippen molar-refractivity contribution in [2.75, 3.05) is 5.32 Å². The molecule has 3 rings (SSSR count). The Morgan fingerprint density at radius 3 is 2.43 bits per heavy atom. The van der Waals surface area contributed by atoms with Gasteiger partial charge in [-0.3, -0.25) is 5.32 Å². The second-order valence-electron chi connectivity index (χ2n) is 5.96. The zero-order valence-electron chi connectivity index (χ0n) is 12.9. The number of nitrogens with one attached hydrogen (secondary N) is 2. The third-order valence-electron chi connectivity index (χ3n) is 4.32. The fourth-order valence-corrected chi connectivity index (χ4v) is 3.09. The number of carbonyl (C=O) groups is 1. The van der Waals surface area contributed by atoms with Gasteiger partial charge in [0.25, 0.3) is 0 Å². The first-order valence-electron chi connectivity index (χ1n) is 7.98. The van der Waals surface area contributed by atoms with E-state index in [9.17, 15) is 9.90 Å². The van der Waals surface area contributed by atoms with Gasteiger partial charge in [0.05, 0.1) is 6.20 Å². The predicted molar refractivity (Wildman–Crippen MR) is 89.5 cm³/mol. The summed E-state index contributed by atoms with van der Waals surface area (Å²) in [5, 5.41) is 14.9. The number of anilines is 1. The molecule has 0 bridgehead atoms. The number of aromatic hydroxyl groups is 1. The van der Waals surface area contributed by atoms with E-state index >= 15 is 0 Å². The number of carbonyl (C=O) groups excluding carboxylic acids is 1. The Balaban J connectivity index is 1.47. The number of hydrogen-bond acceptors (Lipinski definition) is 3. The Morgan fingerprint density at radius 2 is 1.78 bits per heavy atom. The molecule has 2 aromatic rings. The predicted octanol–water partition coefficient (Wildman–Crippen LogP) is 3.64. The molecule has 0 saturated heterocycles. The van der Waals surface area contributed by atoms with Crippen LogP contribution in [0.2, 0.25) is 0 Å². The number of aromatic nitrogens is 1. The lowest BCUT2D eigenvalue weighted by molar-refractivity contribution is 0.242. The Bertz CT molecular complexity index is 635. The molecule has 2 amide bonds. The first-order valence-corrected chi connectivity index (χ1v) is 7.98. The highest BCUT2D eigenvalue weighted by Gasteiger charge is 2.23. The number of amides is 2. The topological polar surface area (TPSA) is 74.2 Å². The lowest BCUT2D eigenvalue weighted by atomic mass is 9.82. The van der Waals surface area contributed by atoms with Crippen molar-refractivity contribution in [2.24, 2.45) is 0 Å². The van der Waals surface area contributed by atoms with Crippen molar-refractivity contribution >= 4 is 11.8 Å². The molecule has 23 heavy (non-hydrogen) atoms. The minimum absolute atomic E-state index is 0.0789. The fourth-order valence-electron chi connectivity index (χ4n) is 3.09. The van der Waals surface area contributed by atoms with E-state index in [0.717, 1.165) is 25.7 Å². The normalized spacial score (nSPS) is 20.7. The molecule has 5 nitrogen and oxygen atoms in total. The third-order valence-corrected chi connectivity index (χ3v) is 4.32. The van der Waals surface area contributed by atoms with Crippen LogP contribution in [0.1, 0.15) is 37.2 Å². The van der Waals surface area contributed by atoms with Crippen LogP contribution in [-0.4, -0.2) is 22.2 Å². The standard InChI is InChI=1S/C18H21N3O2/c22-16-10-11-17(19-12-16)21-18(23)20-15-8-6-14(7-9-15)13-4-2-1-3-5-13/h1-5,10-12,14-15,22H,6-9H2,(H2,19,20,21,23). The number of pyridine rings is 1. The quantitative estimate of drug-likeness (QED) is 0.810. The molecule has 1 aromatic carbocycles. The van der Waals surface area contributed by atoms with Gasteiger partial charge in [0, 0.05) is 6.04 Å². The Hall–Kier alpha value is -2.56. The van der Waals surface area contributed by atoms with Gasteiger partial charge in [0.15, 0.2) is 0 Å². The average molecular weight is 311 g/mol. The fraction of sp³-hybridized carbons (Fsp3) is 0.333. The van der Waals surface area contributed by atoms with Gasteiger partial charge in [-0.25, -0.2) is 9.78 Å². The van der Waals surface area contributed by atoms with E-state index < -0.39 is 0 Å². The van der Waals surface area contributed by atoms with Gasteiger partial charge in [0.2, 0.25) is 0 Å². The van der Waals surface area contributed by atoms with Gasteiger partial charge in [-0.15, -0.1) is 0 Å². The smallest absolute Gasteiger partial charge is 0.320 e. The van der Waals surface area contributed by atoms with Crippen molar-refractivity contribution in [1.82, 2.24) is 10.3 Å². The molecule has 0 spiro atoms. The molecule has 3 N–H and O–H groups in total. The summed E-state index contributed by atoms with van der Waals surface area (Å²) in [4.78, 5) is 15.9. The number of nitrogens with zero attached hydrogens (tertiary/aromatic N) is 1. The summed E-state index contributed by atoms with van der Waals surface area (Å²) in [6.07, 6.45) is 5.45. The van der Waals surface area contributed by atoms with Gasteiger partial charge in [0.1, 0.15) is 11.6 Å². The van der Waals surface area contributed by atoms with Crippen LogP contribution in [0, 0.1) is 0 Å². The molecular formula is C18H21N3O2. The molecule has 0 aliphatic heterocycles. The highest BCUT2D eigenvalue weighted by Crippen LogP contribution is 2.32. The zero-order valence-corrected chi connectivity index (χ0v) is 12.9. The average Bonchev–Trinajstić information content (AvgIpc) is 2.58. The van der Waals surface area contributed by atoms with Gasteiger partial charge in [-0.1, -0.05) is 30.3 Å². The maximum absolute atomic E-state index is 12.0. The van der Waals surface area contributed by atoms with Crippen LogP contribution in [0.5, 0.6) is 5.75 Å². The van der Waals surface area contributed by atoms with Crippen LogP contribution in [0.15, 0.2) is 48.7 Å². The van der Waals surface area contributed by atoms with Crippen molar-refractivity contribution in [3.05, 3.63) is 54.2 Å². The molecule has 1 aromatic heterocycles.